The molecule has 0 aromatic carbocycles. The van der Waals surface area contributed by atoms with Gasteiger partial charge in [-0.3, -0.25) is 0 Å². The van der Waals surface area contributed by atoms with Gasteiger partial charge in [-0.25, -0.2) is 9.97 Å². The van der Waals surface area contributed by atoms with Crippen molar-refractivity contribution < 1.29 is 0 Å². The minimum absolute atomic E-state index is 0.436. The lowest BCUT2D eigenvalue weighted by atomic mass is 10.2. The Morgan fingerprint density at radius 3 is 2.94 bits per heavy atom. The molecule has 88 valence electrons. The zero-order chi connectivity index (χ0) is 11.8. The van der Waals surface area contributed by atoms with Gasteiger partial charge in [0.15, 0.2) is 11.0 Å². The number of nitrogens with one attached hydrogen (secondary N) is 2. The van der Waals surface area contributed by atoms with Crippen LogP contribution in [-0.4, -0.2) is 23.6 Å². The molecular weight excluding hydrogens is 224 g/mol. The van der Waals surface area contributed by atoms with Crippen molar-refractivity contribution in [2.75, 3.05) is 24.2 Å². The van der Waals surface area contributed by atoms with Gasteiger partial charge in [0.05, 0.1) is 0 Å². The highest BCUT2D eigenvalue weighted by Crippen LogP contribution is 2.25. The summed E-state index contributed by atoms with van der Waals surface area (Å²) in [5.41, 5.74) is 0.743. The van der Waals surface area contributed by atoms with E-state index in [1.54, 1.807) is 7.05 Å². The molecule has 0 saturated carbocycles. The van der Waals surface area contributed by atoms with E-state index in [4.69, 9.17) is 11.6 Å². The Morgan fingerprint density at radius 1 is 1.44 bits per heavy atom. The Kier molecular flexibility index (Phi) is 5.64. The lowest BCUT2D eigenvalue weighted by Crippen LogP contribution is -2.07. The van der Waals surface area contributed by atoms with Crippen LogP contribution in [0, 0.1) is 0 Å². The molecule has 1 aromatic rings. The van der Waals surface area contributed by atoms with E-state index in [1.807, 2.05) is 6.08 Å². The lowest BCUT2D eigenvalue weighted by molar-refractivity contribution is 0.777. The van der Waals surface area contributed by atoms with E-state index < -0.39 is 0 Å². The first kappa shape index (κ1) is 12.8. The normalized spacial score (nSPS) is 9.88. The van der Waals surface area contributed by atoms with Crippen LogP contribution in [0.5, 0.6) is 0 Å². The van der Waals surface area contributed by atoms with E-state index in [9.17, 15) is 0 Å². The number of halogens is 1. The van der Waals surface area contributed by atoms with Crippen molar-refractivity contribution in [1.82, 2.24) is 9.97 Å². The smallest absolute Gasteiger partial charge is 0.157 e. The van der Waals surface area contributed by atoms with Crippen molar-refractivity contribution in [2.24, 2.45) is 0 Å². The zero-order valence-electron chi connectivity index (χ0n) is 9.46. The molecule has 5 heteroatoms. The molecule has 0 radical (unpaired) electrons. The van der Waals surface area contributed by atoms with Gasteiger partial charge in [0.1, 0.15) is 12.0 Å². The summed E-state index contributed by atoms with van der Waals surface area (Å²) in [7, 11) is 1.80. The summed E-state index contributed by atoms with van der Waals surface area (Å²) < 4.78 is 0. The van der Waals surface area contributed by atoms with Crippen LogP contribution in [-0.2, 0) is 0 Å². The molecule has 0 saturated heterocycles. The van der Waals surface area contributed by atoms with Crippen molar-refractivity contribution in [3.05, 3.63) is 24.1 Å². The van der Waals surface area contributed by atoms with Crippen LogP contribution >= 0.6 is 11.6 Å². The third-order valence-electron chi connectivity index (χ3n) is 2.18. The van der Waals surface area contributed by atoms with Crippen molar-refractivity contribution in [1.29, 1.82) is 0 Å². The molecule has 0 amide bonds. The monoisotopic (exact) mass is 240 g/mol. The van der Waals surface area contributed by atoms with Crippen molar-refractivity contribution in [2.45, 2.75) is 19.3 Å². The van der Waals surface area contributed by atoms with Crippen LogP contribution in [0.15, 0.2) is 19.0 Å². The maximum absolute atomic E-state index is 5.93. The summed E-state index contributed by atoms with van der Waals surface area (Å²) in [5, 5.41) is 6.65. The molecule has 1 aromatic heterocycles. The molecule has 0 aliphatic heterocycles. The van der Waals surface area contributed by atoms with Gasteiger partial charge in [0.25, 0.3) is 0 Å². The first-order valence-electron chi connectivity index (χ1n) is 5.32. The van der Waals surface area contributed by atoms with E-state index in [1.165, 1.54) is 6.33 Å². The first-order valence-corrected chi connectivity index (χ1v) is 5.70. The average molecular weight is 241 g/mol. The lowest BCUT2D eigenvalue weighted by Gasteiger charge is -2.10. The number of unbranched alkanes of at least 4 members (excludes halogenated alkanes) is 2. The maximum atomic E-state index is 5.93. The molecule has 1 heterocycles. The highest BCUT2D eigenvalue weighted by atomic mass is 35.5. The summed E-state index contributed by atoms with van der Waals surface area (Å²) in [6.07, 6.45) is 6.64. The molecular formula is C11H17ClN4. The van der Waals surface area contributed by atoms with Crippen molar-refractivity contribution in [3.8, 4) is 0 Å². The summed E-state index contributed by atoms with van der Waals surface area (Å²) in [6, 6.07) is 0. The number of anilines is 2. The molecule has 0 fully saturated rings. The SMILES string of the molecule is C=CCCCCNc1ncnc(Cl)c1NC. The Balaban J connectivity index is 2.47. The topological polar surface area (TPSA) is 49.8 Å². The van der Waals surface area contributed by atoms with Gasteiger partial charge >= 0.3 is 0 Å². The summed E-state index contributed by atoms with van der Waals surface area (Å²) >= 11 is 5.93. The van der Waals surface area contributed by atoms with Crippen LogP contribution in [0.1, 0.15) is 19.3 Å². The molecule has 1 rings (SSSR count). The molecule has 0 spiro atoms. The molecule has 0 bridgehead atoms. The van der Waals surface area contributed by atoms with Crippen LogP contribution < -0.4 is 10.6 Å². The zero-order valence-corrected chi connectivity index (χ0v) is 10.2. The molecule has 0 aliphatic rings. The molecule has 2 N–H and O–H groups in total. The summed E-state index contributed by atoms with van der Waals surface area (Å²) in [4.78, 5) is 8.05. The van der Waals surface area contributed by atoms with Gasteiger partial charge < -0.3 is 10.6 Å². The van der Waals surface area contributed by atoms with Crippen LogP contribution in [0.3, 0.4) is 0 Å². The maximum Gasteiger partial charge on any atom is 0.157 e. The van der Waals surface area contributed by atoms with Crippen LogP contribution in [0.4, 0.5) is 11.5 Å². The van der Waals surface area contributed by atoms with Gasteiger partial charge in [-0.2, -0.15) is 0 Å². The molecule has 16 heavy (non-hydrogen) atoms. The third-order valence-corrected chi connectivity index (χ3v) is 2.47. The largest absolute Gasteiger partial charge is 0.383 e. The van der Waals surface area contributed by atoms with Crippen LogP contribution in [0.25, 0.3) is 0 Å². The molecule has 0 aliphatic carbocycles. The van der Waals surface area contributed by atoms with E-state index in [0.29, 0.717) is 5.15 Å². The van der Waals surface area contributed by atoms with Gasteiger partial charge in [0, 0.05) is 13.6 Å². The second-order valence-corrected chi connectivity index (χ2v) is 3.71. The van der Waals surface area contributed by atoms with Gasteiger partial charge in [-0.15, -0.1) is 6.58 Å². The van der Waals surface area contributed by atoms with E-state index in [0.717, 1.165) is 37.3 Å². The quantitative estimate of drug-likeness (QED) is 0.437. The third kappa shape index (κ3) is 3.70. The molecule has 4 nitrogen and oxygen atoms in total. The highest BCUT2D eigenvalue weighted by Gasteiger charge is 2.06. The Bertz CT molecular complexity index is 341. The summed E-state index contributed by atoms with van der Waals surface area (Å²) in [5.74, 6) is 0.751. The van der Waals surface area contributed by atoms with Gasteiger partial charge in [-0.05, 0) is 19.3 Å². The standard InChI is InChI=1S/C11H17ClN4/c1-3-4-5-6-7-14-11-9(13-2)10(12)15-8-16-11/h3,8,13H,1,4-7H2,2H3,(H,14,15,16). The highest BCUT2D eigenvalue weighted by molar-refractivity contribution is 6.32. The Hall–Kier alpha value is -1.29. The fourth-order valence-electron chi connectivity index (χ4n) is 1.34. The minimum atomic E-state index is 0.436. The Labute approximate surface area is 101 Å². The van der Waals surface area contributed by atoms with E-state index in [-0.39, 0.29) is 0 Å². The minimum Gasteiger partial charge on any atom is -0.383 e. The fourth-order valence-corrected chi connectivity index (χ4v) is 1.57. The van der Waals surface area contributed by atoms with Gasteiger partial charge in [-0.1, -0.05) is 17.7 Å². The number of aromatic nitrogens is 2. The average Bonchev–Trinajstić information content (AvgIpc) is 2.29. The molecule has 0 atom stereocenters. The number of rotatable bonds is 7. The fraction of sp³-hybridized carbons (Fsp3) is 0.455. The number of hydrogen-bond donors (Lipinski definition) is 2. The van der Waals surface area contributed by atoms with E-state index >= 15 is 0 Å². The summed E-state index contributed by atoms with van der Waals surface area (Å²) in [6.45, 7) is 4.56. The Morgan fingerprint density at radius 2 is 2.25 bits per heavy atom. The molecule has 0 unspecified atom stereocenters. The number of hydrogen-bond acceptors (Lipinski definition) is 4. The predicted octanol–water partition coefficient (Wildman–Crippen LogP) is 2.94. The number of allylic oxidation sites excluding steroid dienone is 1. The van der Waals surface area contributed by atoms with Gasteiger partial charge in [0.2, 0.25) is 0 Å². The second-order valence-electron chi connectivity index (χ2n) is 3.35. The number of nitrogens with zero attached hydrogens (tertiary/aromatic N) is 2. The second kappa shape index (κ2) is 7.06. The predicted molar refractivity (Wildman–Crippen MR) is 69.1 cm³/mol. The van der Waals surface area contributed by atoms with E-state index in [2.05, 4.69) is 27.2 Å². The van der Waals surface area contributed by atoms with Crippen LogP contribution in [0.2, 0.25) is 5.15 Å². The van der Waals surface area contributed by atoms with Crippen molar-refractivity contribution in [3.63, 3.8) is 0 Å². The first-order chi connectivity index (χ1) is 7.79. The van der Waals surface area contributed by atoms with Crippen molar-refractivity contribution >= 4 is 23.1 Å².